The molecule has 2 amide bonds. The van der Waals surface area contributed by atoms with Crippen molar-refractivity contribution >= 4 is 17.6 Å². The van der Waals surface area contributed by atoms with Crippen LogP contribution in [-0.4, -0.2) is 38.6 Å². The van der Waals surface area contributed by atoms with E-state index in [2.05, 4.69) is 15.5 Å². The van der Waals surface area contributed by atoms with Gasteiger partial charge in [-0.3, -0.25) is 14.7 Å². The smallest absolute Gasteiger partial charge is 0.250 e. The first-order chi connectivity index (χ1) is 12.0. The Hall–Kier alpha value is -3.09. The van der Waals surface area contributed by atoms with Crippen molar-refractivity contribution in [2.24, 2.45) is 5.92 Å². The molecule has 0 saturated carbocycles. The fourth-order valence-corrected chi connectivity index (χ4v) is 3.63. The normalized spacial score (nSPS) is 22.0. The highest BCUT2D eigenvalue weighted by Gasteiger charge is 2.44. The average Bonchev–Trinajstić information content (AvgIpc) is 2.99. The van der Waals surface area contributed by atoms with Crippen LogP contribution in [0.3, 0.4) is 0 Å². The third-order valence-corrected chi connectivity index (χ3v) is 4.76. The molecule has 0 fully saturated rings. The molecule has 25 heavy (non-hydrogen) atoms. The van der Waals surface area contributed by atoms with Crippen LogP contribution in [0.4, 0.5) is 5.82 Å². The molecule has 2 atom stereocenters. The number of carbonyl (C=O) groups excluding carboxylic acids is 2. The topological polar surface area (TPSA) is 98.3 Å². The van der Waals surface area contributed by atoms with Gasteiger partial charge in [0.05, 0.1) is 6.04 Å². The Morgan fingerprint density at radius 2 is 2.20 bits per heavy atom. The lowest BCUT2D eigenvalue weighted by molar-refractivity contribution is -0.134. The molecule has 0 aliphatic carbocycles. The van der Waals surface area contributed by atoms with Gasteiger partial charge in [-0.1, -0.05) is 24.3 Å². The summed E-state index contributed by atoms with van der Waals surface area (Å²) in [5.41, 5.74) is 2.82. The van der Waals surface area contributed by atoms with Gasteiger partial charge in [-0.05, 0) is 24.5 Å². The van der Waals surface area contributed by atoms with Crippen LogP contribution in [0, 0.1) is 12.8 Å². The monoisotopic (exact) mass is 338 g/mol. The summed E-state index contributed by atoms with van der Waals surface area (Å²) < 4.78 is 0. The third-order valence-electron chi connectivity index (χ3n) is 4.76. The van der Waals surface area contributed by atoms with E-state index < -0.39 is 12.0 Å². The maximum atomic E-state index is 12.9. The Morgan fingerprint density at radius 3 is 2.96 bits per heavy atom. The molecule has 7 heteroatoms. The van der Waals surface area contributed by atoms with E-state index in [1.165, 1.54) is 0 Å². The molecule has 2 aromatic rings. The molecule has 1 aromatic carbocycles. The van der Waals surface area contributed by atoms with Crippen LogP contribution in [0.25, 0.3) is 0 Å². The molecular formula is C18H18N4O3. The molecule has 0 spiro atoms. The number of fused-ring (bicyclic) bond motifs is 3. The Labute approximate surface area is 144 Å². The fourth-order valence-electron chi connectivity index (χ4n) is 3.63. The summed E-state index contributed by atoms with van der Waals surface area (Å²) in [5.74, 6) is -1.34. The highest BCUT2D eigenvalue weighted by molar-refractivity contribution is 5.98. The number of nitrogens with zero attached hydrogens (tertiary/aromatic N) is 2. The van der Waals surface area contributed by atoms with Crippen LogP contribution in [0.15, 0.2) is 42.2 Å². The minimum Gasteiger partial charge on any atom is -0.511 e. The number of hydrogen-bond acceptors (Lipinski definition) is 4. The number of aliphatic hydroxyl groups excluding tert-OH is 1. The molecule has 2 aliphatic heterocycles. The van der Waals surface area contributed by atoms with E-state index in [-0.39, 0.29) is 17.6 Å². The number of anilines is 1. The van der Waals surface area contributed by atoms with Crippen molar-refractivity contribution in [2.45, 2.75) is 19.4 Å². The lowest BCUT2D eigenvalue weighted by atomic mass is 9.81. The Kier molecular flexibility index (Phi) is 3.56. The second-order valence-corrected chi connectivity index (χ2v) is 6.40. The predicted molar refractivity (Wildman–Crippen MR) is 90.8 cm³/mol. The van der Waals surface area contributed by atoms with Crippen LogP contribution in [0.1, 0.15) is 22.9 Å². The highest BCUT2D eigenvalue weighted by Crippen LogP contribution is 2.41. The van der Waals surface area contributed by atoms with E-state index >= 15 is 0 Å². The molecule has 4 rings (SSSR count). The number of aryl methyl sites for hydroxylation is 1. The maximum absolute atomic E-state index is 12.9. The van der Waals surface area contributed by atoms with Crippen LogP contribution in [0.2, 0.25) is 0 Å². The zero-order valence-corrected chi connectivity index (χ0v) is 13.7. The number of aromatic nitrogens is 2. The van der Waals surface area contributed by atoms with Crippen LogP contribution >= 0.6 is 0 Å². The zero-order chi connectivity index (χ0) is 17.6. The molecule has 7 nitrogen and oxygen atoms in total. The van der Waals surface area contributed by atoms with Crippen LogP contribution in [-0.2, 0) is 16.0 Å². The van der Waals surface area contributed by atoms with E-state index in [0.29, 0.717) is 12.4 Å². The Bertz CT molecular complexity index is 886. The predicted octanol–water partition coefficient (Wildman–Crippen LogP) is 1.85. The number of carbonyl (C=O) groups is 2. The van der Waals surface area contributed by atoms with Crippen molar-refractivity contribution in [2.75, 3.05) is 11.9 Å². The van der Waals surface area contributed by atoms with Gasteiger partial charge in [0.2, 0.25) is 5.91 Å². The number of hydrogen-bond donors (Lipinski definition) is 3. The summed E-state index contributed by atoms with van der Waals surface area (Å²) in [4.78, 5) is 26.8. The Morgan fingerprint density at radius 1 is 1.40 bits per heavy atom. The molecule has 3 N–H and O–H groups in total. The molecule has 0 saturated heterocycles. The molecule has 2 aliphatic rings. The van der Waals surface area contributed by atoms with E-state index in [4.69, 9.17) is 0 Å². The van der Waals surface area contributed by atoms with E-state index in [0.717, 1.165) is 29.3 Å². The van der Waals surface area contributed by atoms with Crippen molar-refractivity contribution in [1.82, 2.24) is 15.1 Å². The molecule has 128 valence electrons. The second-order valence-electron chi connectivity index (χ2n) is 6.40. The van der Waals surface area contributed by atoms with Crippen molar-refractivity contribution < 1.29 is 14.7 Å². The molecular weight excluding hydrogens is 320 g/mol. The number of benzene rings is 1. The molecule has 1 aromatic heterocycles. The average molecular weight is 338 g/mol. The zero-order valence-electron chi connectivity index (χ0n) is 13.7. The van der Waals surface area contributed by atoms with Gasteiger partial charge in [-0.25, -0.2) is 0 Å². The van der Waals surface area contributed by atoms with Gasteiger partial charge in [0.1, 0.15) is 11.7 Å². The second kappa shape index (κ2) is 5.77. The maximum Gasteiger partial charge on any atom is 0.250 e. The summed E-state index contributed by atoms with van der Waals surface area (Å²) in [6.07, 6.45) is 1.88. The minimum absolute atomic E-state index is 0.215. The SMILES string of the molecule is Cc1cc(NC(=O)C2C(O)=CC(=O)N3CCc4ccccc4C23)n[nH]1. The van der Waals surface area contributed by atoms with Gasteiger partial charge in [0, 0.05) is 24.4 Å². The molecule has 3 heterocycles. The van der Waals surface area contributed by atoms with Crippen LogP contribution < -0.4 is 5.32 Å². The van der Waals surface area contributed by atoms with E-state index in [9.17, 15) is 14.7 Å². The summed E-state index contributed by atoms with van der Waals surface area (Å²) >= 11 is 0. The first-order valence-electron chi connectivity index (χ1n) is 8.16. The quantitative estimate of drug-likeness (QED) is 0.778. The van der Waals surface area contributed by atoms with Crippen molar-refractivity contribution in [1.29, 1.82) is 0 Å². The fraction of sp³-hybridized carbons (Fsp3) is 0.278. The number of aliphatic hydroxyl groups is 1. The number of amides is 2. The highest BCUT2D eigenvalue weighted by atomic mass is 16.3. The number of nitrogens with one attached hydrogen (secondary N) is 2. The summed E-state index contributed by atoms with van der Waals surface area (Å²) in [6.45, 7) is 2.36. The molecule has 2 unspecified atom stereocenters. The molecule has 0 radical (unpaired) electrons. The molecule has 0 bridgehead atoms. The number of aromatic amines is 1. The van der Waals surface area contributed by atoms with E-state index in [1.54, 1.807) is 11.0 Å². The van der Waals surface area contributed by atoms with Crippen molar-refractivity contribution in [3.8, 4) is 0 Å². The summed E-state index contributed by atoms with van der Waals surface area (Å²) in [6, 6.07) is 8.93. The standard InChI is InChI=1S/C18H18N4O3/c1-10-8-14(21-20-10)19-18(25)16-13(23)9-15(24)22-7-6-11-4-2-3-5-12(11)17(16)22/h2-5,8-9,16-17,23H,6-7H2,1H3,(H2,19,20,21,25). The summed E-state index contributed by atoms with van der Waals surface area (Å²) in [5, 5.41) is 19.9. The lowest BCUT2D eigenvalue weighted by Crippen LogP contribution is -2.49. The lowest BCUT2D eigenvalue weighted by Gasteiger charge is -2.42. The van der Waals surface area contributed by atoms with Gasteiger partial charge in [0.15, 0.2) is 5.82 Å². The third kappa shape index (κ3) is 2.57. The van der Waals surface area contributed by atoms with Gasteiger partial charge < -0.3 is 15.3 Å². The van der Waals surface area contributed by atoms with Crippen LogP contribution in [0.5, 0.6) is 0 Å². The number of rotatable bonds is 2. The first-order valence-corrected chi connectivity index (χ1v) is 8.16. The van der Waals surface area contributed by atoms with Gasteiger partial charge >= 0.3 is 0 Å². The van der Waals surface area contributed by atoms with Gasteiger partial charge in [-0.15, -0.1) is 0 Å². The van der Waals surface area contributed by atoms with Crippen molar-refractivity contribution in [3.63, 3.8) is 0 Å². The van der Waals surface area contributed by atoms with Gasteiger partial charge in [-0.2, -0.15) is 5.10 Å². The van der Waals surface area contributed by atoms with E-state index in [1.807, 2.05) is 31.2 Å². The largest absolute Gasteiger partial charge is 0.511 e. The van der Waals surface area contributed by atoms with Gasteiger partial charge in [0.25, 0.3) is 5.91 Å². The van der Waals surface area contributed by atoms with Crippen molar-refractivity contribution in [3.05, 3.63) is 59.0 Å². The first kappa shape index (κ1) is 15.4. The summed E-state index contributed by atoms with van der Waals surface area (Å²) in [7, 11) is 0. The Balaban J connectivity index is 1.73. The minimum atomic E-state index is -0.865. The number of H-pyrrole nitrogens is 1.